The molecule has 12 rings (SSSR count). The number of rotatable bonds is 9. The summed E-state index contributed by atoms with van der Waals surface area (Å²) in [5, 5.41) is 1.72. The Labute approximate surface area is 464 Å². The van der Waals surface area contributed by atoms with Crippen molar-refractivity contribution in [2.75, 3.05) is 9.80 Å². The van der Waals surface area contributed by atoms with E-state index < -0.39 is 6.85 Å². The number of hydrogen-bond donors (Lipinski definition) is 0. The molecule has 0 saturated heterocycles. The van der Waals surface area contributed by atoms with E-state index in [1.807, 2.05) is 113 Å². The third-order valence-corrected chi connectivity index (χ3v) is 14.0. The summed E-state index contributed by atoms with van der Waals surface area (Å²) >= 11 is 0. The summed E-state index contributed by atoms with van der Waals surface area (Å²) < 4.78 is 62.4. The van der Waals surface area contributed by atoms with Crippen molar-refractivity contribution in [1.29, 1.82) is 0 Å². The van der Waals surface area contributed by atoms with Crippen molar-refractivity contribution >= 4 is 44.6 Å². The number of para-hydroxylation sites is 4. The van der Waals surface area contributed by atoms with Gasteiger partial charge in [0.1, 0.15) is 5.82 Å². The standard InChI is InChI=1S/C69H57N4O.Pt/c1-46-40-66(70-44-61(46)49-32-36-53(37-33-49)69(5,6)7)73-62-27-12-11-24-59(62)60-39-38-56(43-65(60)73)74-55-23-16-22-54(42-55)71-45-72(64-29-14-13-28-63(64)71)67-57(48-30-34-52(35-31-48)68(2,3)4)25-17-26-58(67)51-21-15-20-50(41-51)47-18-9-8-10-19-47;/h8-41,44-45H,1-7H3;/q-3;/i1D3,16D,22D,23D;. The van der Waals surface area contributed by atoms with Gasteiger partial charge in [-0.1, -0.05) is 193 Å². The first-order valence-corrected chi connectivity index (χ1v) is 25.0. The molecule has 0 N–H and O–H groups in total. The van der Waals surface area contributed by atoms with Crippen LogP contribution in [0.5, 0.6) is 11.5 Å². The summed E-state index contributed by atoms with van der Waals surface area (Å²) in [4.78, 5) is 8.93. The van der Waals surface area contributed by atoms with Gasteiger partial charge in [0.2, 0.25) is 0 Å². The van der Waals surface area contributed by atoms with E-state index in [1.54, 1.807) is 18.3 Å². The molecule has 2 aromatic heterocycles. The SMILES string of the molecule is [2H]c1c(Oc2[c-]c3c(cc2)c2ccccc2n3-c2cc(C([2H])([2H])[2H])c(-c3ccc(C(C)(C)C)cc3)cn2)[c-]c(N2[CH-]N(c3c(-c4ccc(C(C)(C)C)cc4)cccc3-c3cccc(-c4ccccc4)c3)c3ccccc32)c([2H])c1[2H].[Pt]. The second kappa shape index (κ2) is 19.7. The Bertz CT molecular complexity index is 4180. The zero-order valence-electron chi connectivity index (χ0n) is 48.6. The topological polar surface area (TPSA) is 33.5 Å². The molecule has 0 amide bonds. The second-order valence-electron chi connectivity index (χ2n) is 21.0. The minimum Gasteiger partial charge on any atom is -0.509 e. The first-order chi connectivity index (χ1) is 38.3. The third kappa shape index (κ3) is 9.36. The Kier molecular flexibility index (Phi) is 11.1. The van der Waals surface area contributed by atoms with Crippen LogP contribution in [-0.2, 0) is 31.9 Å². The molecule has 0 fully saturated rings. The van der Waals surface area contributed by atoms with E-state index in [2.05, 4.69) is 137 Å². The summed E-state index contributed by atoms with van der Waals surface area (Å²) in [6.07, 6.45) is 1.63. The number of benzene rings is 9. The first kappa shape index (κ1) is 42.4. The van der Waals surface area contributed by atoms with E-state index in [4.69, 9.17) is 13.8 Å². The van der Waals surface area contributed by atoms with Crippen molar-refractivity contribution in [3.8, 4) is 61.8 Å². The molecule has 6 heteroatoms. The number of aryl methyl sites for hydroxylation is 1. The summed E-state index contributed by atoms with van der Waals surface area (Å²) in [6, 6.07) is 69.1. The van der Waals surface area contributed by atoms with Crippen LogP contribution in [0.4, 0.5) is 22.7 Å². The predicted octanol–water partition coefficient (Wildman–Crippen LogP) is 18.5. The van der Waals surface area contributed by atoms with Crippen LogP contribution >= 0.6 is 0 Å². The molecule has 0 atom stereocenters. The number of anilines is 4. The minimum absolute atomic E-state index is 0. The van der Waals surface area contributed by atoms with Crippen molar-refractivity contribution in [3.63, 3.8) is 0 Å². The molecule has 0 unspecified atom stereocenters. The van der Waals surface area contributed by atoms with Gasteiger partial charge in [0, 0.05) is 83.5 Å². The van der Waals surface area contributed by atoms with Crippen LogP contribution in [0, 0.1) is 25.7 Å². The van der Waals surface area contributed by atoms with E-state index in [1.165, 1.54) is 5.56 Å². The van der Waals surface area contributed by atoms with Gasteiger partial charge in [-0.15, -0.1) is 48.0 Å². The second-order valence-corrected chi connectivity index (χ2v) is 21.0. The fourth-order valence-electron chi connectivity index (χ4n) is 10.1. The van der Waals surface area contributed by atoms with Gasteiger partial charge >= 0.3 is 0 Å². The molecule has 11 aromatic rings. The van der Waals surface area contributed by atoms with Gasteiger partial charge in [-0.25, -0.2) is 4.98 Å². The van der Waals surface area contributed by atoms with Crippen molar-refractivity contribution in [2.45, 2.75) is 59.2 Å². The van der Waals surface area contributed by atoms with Crippen LogP contribution in [0.1, 0.15) is 66.5 Å². The Morgan fingerprint density at radius 1 is 0.533 bits per heavy atom. The van der Waals surface area contributed by atoms with Crippen molar-refractivity contribution in [2.24, 2.45) is 0 Å². The monoisotopic (exact) mass is 1160 g/mol. The Balaban J connectivity index is 0.00000690. The van der Waals surface area contributed by atoms with Crippen molar-refractivity contribution < 1.29 is 34.0 Å². The molecule has 5 nitrogen and oxygen atoms in total. The zero-order chi connectivity index (χ0) is 55.8. The average Bonchev–Trinajstić information content (AvgIpc) is 4.25. The number of aromatic nitrogens is 2. The largest absolute Gasteiger partial charge is 0.509 e. The van der Waals surface area contributed by atoms with Gasteiger partial charge < -0.3 is 19.1 Å². The van der Waals surface area contributed by atoms with Gasteiger partial charge in [0.25, 0.3) is 0 Å². The fourth-order valence-corrected chi connectivity index (χ4v) is 10.1. The molecule has 0 aliphatic carbocycles. The molecule has 3 heterocycles. The normalized spacial score (nSPS) is 13.8. The molecule has 1 aliphatic rings. The predicted molar refractivity (Wildman–Crippen MR) is 308 cm³/mol. The number of fused-ring (bicyclic) bond motifs is 4. The van der Waals surface area contributed by atoms with Crippen LogP contribution in [0.15, 0.2) is 212 Å². The number of nitrogens with zero attached hydrogens (tertiary/aromatic N) is 4. The number of pyridine rings is 1. The maximum absolute atomic E-state index is 9.44. The molecule has 372 valence electrons. The number of hydrogen-bond acceptors (Lipinski definition) is 4. The third-order valence-electron chi connectivity index (χ3n) is 14.0. The van der Waals surface area contributed by atoms with Crippen LogP contribution in [-0.4, -0.2) is 9.55 Å². The maximum Gasteiger partial charge on any atom is 0.135 e. The number of ether oxygens (including phenoxy) is 1. The van der Waals surface area contributed by atoms with Crippen molar-refractivity contribution in [3.05, 3.63) is 248 Å². The molecule has 0 saturated carbocycles. The Hall–Kier alpha value is -7.98. The molecule has 75 heavy (non-hydrogen) atoms. The fraction of sp³-hybridized carbons (Fsp3) is 0.130. The molecule has 9 aromatic carbocycles. The summed E-state index contributed by atoms with van der Waals surface area (Å²) in [7, 11) is 0. The van der Waals surface area contributed by atoms with Gasteiger partial charge in [0.15, 0.2) is 0 Å². The van der Waals surface area contributed by atoms with Gasteiger partial charge in [0.05, 0.1) is 0 Å². The molecule has 0 bridgehead atoms. The quantitative estimate of drug-likeness (QED) is 0.135. The van der Waals surface area contributed by atoms with E-state index >= 15 is 0 Å². The van der Waals surface area contributed by atoms with Crippen LogP contribution < -0.4 is 14.5 Å². The molecule has 0 radical (unpaired) electrons. The summed E-state index contributed by atoms with van der Waals surface area (Å²) in [6.45, 7) is 12.5. The van der Waals surface area contributed by atoms with Gasteiger partial charge in [-0.05, 0) is 101 Å². The molecular weight excluding hydrogens is 1100 g/mol. The minimum atomic E-state index is -2.47. The molecule has 1 aliphatic heterocycles. The zero-order valence-corrected chi connectivity index (χ0v) is 44.8. The van der Waals surface area contributed by atoms with Gasteiger partial charge in [-0.2, -0.15) is 12.1 Å². The molecule has 0 spiro atoms. The maximum atomic E-state index is 9.44. The summed E-state index contributed by atoms with van der Waals surface area (Å²) in [5.41, 5.74) is 14.0. The Morgan fingerprint density at radius 3 is 1.85 bits per heavy atom. The first-order valence-electron chi connectivity index (χ1n) is 28.0. The van der Waals surface area contributed by atoms with E-state index in [9.17, 15) is 4.11 Å². The summed E-state index contributed by atoms with van der Waals surface area (Å²) in [5.74, 6) is 0.546. The Morgan fingerprint density at radius 2 is 1.15 bits per heavy atom. The van der Waals surface area contributed by atoms with E-state index in [0.29, 0.717) is 16.9 Å². The smallest absolute Gasteiger partial charge is 0.135 e. The van der Waals surface area contributed by atoms with Crippen molar-refractivity contribution in [1.82, 2.24) is 9.55 Å². The van der Waals surface area contributed by atoms with E-state index in [-0.39, 0.29) is 72.8 Å². The van der Waals surface area contributed by atoms with Crippen LogP contribution in [0.2, 0.25) is 0 Å². The van der Waals surface area contributed by atoms with Crippen LogP contribution in [0.25, 0.3) is 72.1 Å². The molecular formula is C69H57N4OPt-3. The van der Waals surface area contributed by atoms with Gasteiger partial charge in [-0.3, -0.25) is 0 Å². The van der Waals surface area contributed by atoms with Crippen LogP contribution in [0.3, 0.4) is 0 Å². The average molecular weight is 1160 g/mol. The van der Waals surface area contributed by atoms with E-state index in [0.717, 1.165) is 77.9 Å².